The van der Waals surface area contributed by atoms with Crippen molar-refractivity contribution in [1.29, 1.82) is 0 Å². The maximum absolute atomic E-state index is 11.6. The van der Waals surface area contributed by atoms with Gasteiger partial charge in [0.25, 0.3) is 0 Å². The van der Waals surface area contributed by atoms with Gasteiger partial charge in [-0.1, -0.05) is 43.3 Å². The molecule has 1 N–H and O–H groups in total. The fourth-order valence-corrected chi connectivity index (χ4v) is 5.09. The predicted molar refractivity (Wildman–Crippen MR) is 122 cm³/mol. The molecule has 5 nitrogen and oxygen atoms in total. The van der Waals surface area contributed by atoms with Gasteiger partial charge in [0.2, 0.25) is 0 Å². The van der Waals surface area contributed by atoms with Crippen LogP contribution in [0.4, 0.5) is 0 Å². The first-order valence-electron chi connectivity index (χ1n) is 10.8. The van der Waals surface area contributed by atoms with Crippen molar-refractivity contribution in [2.75, 3.05) is 0 Å². The fraction of sp³-hybridized carbons (Fsp3) is 0.269. The molecule has 2 aromatic heterocycles. The second-order valence-corrected chi connectivity index (χ2v) is 8.30. The van der Waals surface area contributed by atoms with Gasteiger partial charge in [-0.25, -0.2) is 14.8 Å². The van der Waals surface area contributed by atoms with Crippen molar-refractivity contribution in [3.8, 4) is 11.1 Å². The molecule has 156 valence electrons. The minimum absolute atomic E-state index is 0.197. The molecule has 0 bridgehead atoms. The summed E-state index contributed by atoms with van der Waals surface area (Å²) in [4.78, 5) is 21.3. The summed E-state index contributed by atoms with van der Waals surface area (Å²) in [5.41, 5.74) is 10.1. The number of rotatable bonds is 4. The highest BCUT2D eigenvalue weighted by atomic mass is 16.4. The van der Waals surface area contributed by atoms with E-state index in [0.717, 1.165) is 47.2 Å². The van der Waals surface area contributed by atoms with Crippen molar-refractivity contribution in [2.24, 2.45) is 0 Å². The molecule has 0 aliphatic heterocycles. The van der Waals surface area contributed by atoms with Crippen LogP contribution in [0.15, 0.2) is 48.8 Å². The van der Waals surface area contributed by atoms with E-state index in [9.17, 15) is 9.90 Å². The molecule has 4 aromatic rings. The molecule has 2 aromatic carbocycles. The van der Waals surface area contributed by atoms with E-state index in [1.807, 2.05) is 24.5 Å². The average molecular weight is 412 g/mol. The van der Waals surface area contributed by atoms with Gasteiger partial charge in [0.05, 0.1) is 17.9 Å². The minimum Gasteiger partial charge on any atom is -0.478 e. The number of aromatic carboxylic acids is 1. The molecule has 5 rings (SSSR count). The van der Waals surface area contributed by atoms with Crippen molar-refractivity contribution in [1.82, 2.24) is 14.5 Å². The second kappa shape index (κ2) is 7.34. The molecule has 0 spiro atoms. The molecule has 2 heterocycles. The Morgan fingerprint density at radius 1 is 1.19 bits per heavy atom. The fourth-order valence-electron chi connectivity index (χ4n) is 5.09. The van der Waals surface area contributed by atoms with Crippen molar-refractivity contribution in [2.45, 2.75) is 46.1 Å². The van der Waals surface area contributed by atoms with Gasteiger partial charge in [0, 0.05) is 5.69 Å². The Kier molecular flexibility index (Phi) is 4.62. The SMILES string of the molecule is CCc1c(C)nc2c(ncn2C2CCc3cc(-c4ccccc4C(=O)O)ccc32)c1C. The lowest BCUT2D eigenvalue weighted by atomic mass is 9.96. The highest BCUT2D eigenvalue weighted by molar-refractivity contribution is 5.96. The van der Waals surface area contributed by atoms with Gasteiger partial charge in [-0.05, 0) is 72.6 Å². The van der Waals surface area contributed by atoms with Gasteiger partial charge in [0.15, 0.2) is 5.65 Å². The molecular weight excluding hydrogens is 386 g/mol. The molecule has 1 aliphatic rings. The van der Waals surface area contributed by atoms with E-state index in [1.54, 1.807) is 12.1 Å². The third-order valence-electron chi connectivity index (χ3n) is 6.63. The Bertz CT molecular complexity index is 1340. The number of aromatic nitrogens is 3. The van der Waals surface area contributed by atoms with Gasteiger partial charge in [0.1, 0.15) is 5.52 Å². The van der Waals surface area contributed by atoms with E-state index < -0.39 is 5.97 Å². The number of hydrogen-bond acceptors (Lipinski definition) is 3. The number of carboxylic acids is 1. The number of fused-ring (bicyclic) bond motifs is 2. The van der Waals surface area contributed by atoms with Crippen molar-refractivity contribution in [3.05, 3.63) is 82.3 Å². The maximum atomic E-state index is 11.6. The molecule has 0 saturated carbocycles. The molecule has 0 amide bonds. The molecule has 1 unspecified atom stereocenters. The van der Waals surface area contributed by atoms with Gasteiger partial charge < -0.3 is 9.67 Å². The van der Waals surface area contributed by atoms with E-state index in [-0.39, 0.29) is 6.04 Å². The first kappa shape index (κ1) is 19.5. The third kappa shape index (κ3) is 3.03. The molecule has 0 saturated heterocycles. The number of pyridine rings is 1. The standard InChI is InChI=1S/C26H25N3O2/c1-4-19-15(2)24-25(28-16(19)3)29(14-27-24)23-12-10-18-13-17(9-11-21(18)23)20-7-5-6-8-22(20)26(30)31/h5-9,11,13-14,23H,4,10,12H2,1-3H3,(H,30,31). The van der Waals surface area contributed by atoms with Gasteiger partial charge >= 0.3 is 5.97 Å². The number of hydrogen-bond donors (Lipinski definition) is 1. The summed E-state index contributed by atoms with van der Waals surface area (Å²) in [6.45, 7) is 6.38. The number of carboxylic acid groups (broad SMARTS) is 1. The molecule has 0 fully saturated rings. The van der Waals surface area contributed by atoms with Crippen LogP contribution in [-0.4, -0.2) is 25.6 Å². The summed E-state index contributed by atoms with van der Waals surface area (Å²) in [7, 11) is 0. The lowest BCUT2D eigenvalue weighted by Gasteiger charge is -2.16. The third-order valence-corrected chi connectivity index (χ3v) is 6.63. The van der Waals surface area contributed by atoms with E-state index >= 15 is 0 Å². The lowest BCUT2D eigenvalue weighted by Crippen LogP contribution is -2.08. The zero-order chi connectivity index (χ0) is 21.7. The molecular formula is C26H25N3O2. The van der Waals surface area contributed by atoms with E-state index in [1.165, 1.54) is 22.3 Å². The zero-order valence-electron chi connectivity index (χ0n) is 18.0. The Morgan fingerprint density at radius 2 is 2.00 bits per heavy atom. The quantitative estimate of drug-likeness (QED) is 0.481. The van der Waals surface area contributed by atoms with Crippen LogP contribution < -0.4 is 0 Å². The number of imidazole rings is 1. The van der Waals surface area contributed by atoms with Gasteiger partial charge in [-0.3, -0.25) is 0 Å². The average Bonchev–Trinajstić information content (AvgIpc) is 3.37. The maximum Gasteiger partial charge on any atom is 0.336 e. The number of aryl methyl sites for hydroxylation is 3. The Hall–Kier alpha value is -3.47. The van der Waals surface area contributed by atoms with E-state index in [2.05, 4.69) is 37.5 Å². The summed E-state index contributed by atoms with van der Waals surface area (Å²) in [6.07, 6.45) is 4.82. The number of benzene rings is 2. The monoisotopic (exact) mass is 411 g/mol. The first-order valence-corrected chi connectivity index (χ1v) is 10.8. The van der Waals surface area contributed by atoms with Gasteiger partial charge in [-0.2, -0.15) is 0 Å². The summed E-state index contributed by atoms with van der Waals surface area (Å²) in [5, 5.41) is 9.55. The molecule has 1 aliphatic carbocycles. The van der Waals surface area contributed by atoms with Gasteiger partial charge in [-0.15, -0.1) is 0 Å². The molecule has 31 heavy (non-hydrogen) atoms. The highest BCUT2D eigenvalue weighted by Crippen LogP contribution is 2.39. The van der Waals surface area contributed by atoms with Crippen LogP contribution in [0, 0.1) is 13.8 Å². The van der Waals surface area contributed by atoms with Crippen LogP contribution in [-0.2, 0) is 12.8 Å². The predicted octanol–water partition coefficient (Wildman–Crippen LogP) is 5.51. The minimum atomic E-state index is -0.901. The van der Waals surface area contributed by atoms with Crippen LogP contribution in [0.25, 0.3) is 22.3 Å². The first-order chi connectivity index (χ1) is 15.0. The highest BCUT2D eigenvalue weighted by Gasteiger charge is 2.27. The lowest BCUT2D eigenvalue weighted by molar-refractivity contribution is 0.0697. The van der Waals surface area contributed by atoms with Crippen LogP contribution in [0.3, 0.4) is 0 Å². The molecule has 0 radical (unpaired) electrons. The van der Waals surface area contributed by atoms with E-state index in [4.69, 9.17) is 9.97 Å². The molecule has 1 atom stereocenters. The van der Waals surface area contributed by atoms with Crippen LogP contribution in [0.1, 0.15) is 57.7 Å². The zero-order valence-corrected chi connectivity index (χ0v) is 18.0. The summed E-state index contributed by atoms with van der Waals surface area (Å²) < 4.78 is 2.21. The van der Waals surface area contributed by atoms with Crippen molar-refractivity contribution < 1.29 is 9.90 Å². The normalized spacial score (nSPS) is 15.4. The van der Waals surface area contributed by atoms with Crippen LogP contribution in [0.2, 0.25) is 0 Å². The second-order valence-electron chi connectivity index (χ2n) is 8.30. The Balaban J connectivity index is 1.58. The number of nitrogens with zero attached hydrogens (tertiary/aromatic N) is 3. The summed E-state index contributed by atoms with van der Waals surface area (Å²) in [6, 6.07) is 13.7. The molecule has 5 heteroatoms. The Morgan fingerprint density at radius 3 is 2.77 bits per heavy atom. The van der Waals surface area contributed by atoms with E-state index in [0.29, 0.717) is 5.56 Å². The summed E-state index contributed by atoms with van der Waals surface area (Å²) in [5.74, 6) is -0.901. The van der Waals surface area contributed by atoms with Crippen LogP contribution in [0.5, 0.6) is 0 Å². The topological polar surface area (TPSA) is 68.0 Å². The number of carbonyl (C=O) groups is 1. The summed E-state index contributed by atoms with van der Waals surface area (Å²) >= 11 is 0. The smallest absolute Gasteiger partial charge is 0.336 e. The van der Waals surface area contributed by atoms with Crippen LogP contribution >= 0.6 is 0 Å². The largest absolute Gasteiger partial charge is 0.478 e. The Labute approximate surface area is 181 Å². The van der Waals surface area contributed by atoms with Crippen molar-refractivity contribution in [3.63, 3.8) is 0 Å². The van der Waals surface area contributed by atoms with Crippen molar-refractivity contribution >= 4 is 17.1 Å².